The molecule has 0 atom stereocenters. The van der Waals surface area contributed by atoms with Crippen molar-refractivity contribution in [1.82, 2.24) is 4.57 Å². The lowest BCUT2D eigenvalue weighted by Crippen LogP contribution is -2.25. The number of rotatable bonds is 6. The second kappa shape index (κ2) is 14.7. The standard InChI is InChI=1S/C65H42N2/c1-3-16-43(17-4-1)46-19-15-22-50(40-46)66(51-36-39-62-58(42-51)55-26-11-14-29-61(55)65(62)59-27-12-9-24-53(59)54-25-10-13-28-60(54)65)49-34-30-44(31-35-49)47-33-37-56-57-38-32-45-18-7-8-23-52(45)64(57)67(63(56)41-47)48-20-5-2-6-21-48/h1-42H. The fourth-order valence-electron chi connectivity index (χ4n) is 11.7. The van der Waals surface area contributed by atoms with Gasteiger partial charge in [-0.1, -0.05) is 200 Å². The maximum Gasteiger partial charge on any atom is 0.0725 e. The van der Waals surface area contributed by atoms with Crippen LogP contribution < -0.4 is 4.90 Å². The third kappa shape index (κ3) is 5.51. The zero-order valence-corrected chi connectivity index (χ0v) is 36.6. The van der Waals surface area contributed by atoms with E-state index in [1.165, 1.54) is 99.3 Å². The minimum atomic E-state index is -0.391. The van der Waals surface area contributed by atoms with Gasteiger partial charge in [0, 0.05) is 38.9 Å². The highest BCUT2D eigenvalue weighted by molar-refractivity contribution is 6.19. The zero-order valence-electron chi connectivity index (χ0n) is 36.6. The van der Waals surface area contributed by atoms with Crippen molar-refractivity contribution in [3.05, 3.63) is 277 Å². The maximum absolute atomic E-state index is 2.45. The second-order valence-electron chi connectivity index (χ2n) is 18.0. The van der Waals surface area contributed by atoms with Gasteiger partial charge >= 0.3 is 0 Å². The summed E-state index contributed by atoms with van der Waals surface area (Å²) in [6.45, 7) is 0. The van der Waals surface area contributed by atoms with Gasteiger partial charge in [0.15, 0.2) is 0 Å². The van der Waals surface area contributed by atoms with Crippen LogP contribution in [0.25, 0.3) is 82.8 Å². The molecular weight excluding hydrogens is 809 g/mol. The minimum absolute atomic E-state index is 0.391. The first-order valence-corrected chi connectivity index (χ1v) is 23.3. The molecule has 2 nitrogen and oxygen atoms in total. The number of anilines is 3. The van der Waals surface area contributed by atoms with Gasteiger partial charge in [-0.2, -0.15) is 0 Å². The molecule has 14 rings (SSSR count). The first kappa shape index (κ1) is 37.6. The molecule has 12 aromatic rings. The van der Waals surface area contributed by atoms with Gasteiger partial charge in [-0.25, -0.2) is 0 Å². The monoisotopic (exact) mass is 850 g/mol. The summed E-state index contributed by atoms with van der Waals surface area (Å²) in [4.78, 5) is 2.43. The van der Waals surface area contributed by atoms with Crippen molar-refractivity contribution in [3.8, 4) is 50.2 Å². The number of hydrogen-bond donors (Lipinski definition) is 0. The molecule has 0 saturated carbocycles. The van der Waals surface area contributed by atoms with E-state index < -0.39 is 5.41 Å². The van der Waals surface area contributed by atoms with Gasteiger partial charge < -0.3 is 9.47 Å². The van der Waals surface area contributed by atoms with E-state index >= 15 is 0 Å². The summed E-state index contributed by atoms with van der Waals surface area (Å²) in [5, 5.41) is 5.01. The third-order valence-electron chi connectivity index (χ3n) is 14.6. The highest BCUT2D eigenvalue weighted by atomic mass is 15.1. The first-order valence-electron chi connectivity index (χ1n) is 23.3. The predicted octanol–water partition coefficient (Wildman–Crippen LogP) is 17.1. The molecular formula is C65H42N2. The molecule has 312 valence electrons. The summed E-state index contributed by atoms with van der Waals surface area (Å²) in [6.07, 6.45) is 0. The van der Waals surface area contributed by atoms with Crippen molar-refractivity contribution in [3.63, 3.8) is 0 Å². The van der Waals surface area contributed by atoms with Crippen LogP contribution in [-0.4, -0.2) is 4.57 Å². The Balaban J connectivity index is 0.935. The Morgan fingerprint density at radius 3 is 1.55 bits per heavy atom. The van der Waals surface area contributed by atoms with E-state index in [4.69, 9.17) is 0 Å². The fraction of sp³-hybridized carbons (Fsp3) is 0.0154. The molecule has 0 radical (unpaired) electrons. The SMILES string of the molecule is c1ccc(-c2cccc(N(c3ccc(-c4ccc5c6ccc7ccccc7c6n(-c6ccccc6)c5c4)cc3)c3ccc4c(c3)-c3ccccc3C43c4ccccc4-c4ccccc43)c2)cc1. The second-order valence-corrected chi connectivity index (χ2v) is 18.0. The lowest BCUT2D eigenvalue weighted by atomic mass is 9.70. The molecule has 0 unspecified atom stereocenters. The average Bonchev–Trinajstić information content (AvgIpc) is 4.01. The lowest BCUT2D eigenvalue weighted by Gasteiger charge is -2.31. The van der Waals surface area contributed by atoms with Gasteiger partial charge in [-0.15, -0.1) is 0 Å². The molecule has 2 aliphatic carbocycles. The molecule has 0 N–H and O–H groups in total. The van der Waals surface area contributed by atoms with E-state index in [-0.39, 0.29) is 0 Å². The molecule has 2 aliphatic rings. The van der Waals surface area contributed by atoms with Gasteiger partial charge in [0.2, 0.25) is 0 Å². The summed E-state index contributed by atoms with van der Waals surface area (Å²) in [5.74, 6) is 0. The van der Waals surface area contributed by atoms with E-state index in [0.29, 0.717) is 0 Å². The molecule has 0 bridgehead atoms. The van der Waals surface area contributed by atoms with Crippen LogP contribution in [0.1, 0.15) is 22.3 Å². The van der Waals surface area contributed by atoms with Crippen LogP contribution in [0.15, 0.2) is 255 Å². The number of nitrogens with zero attached hydrogens (tertiary/aromatic N) is 2. The van der Waals surface area contributed by atoms with E-state index in [0.717, 1.165) is 22.7 Å². The van der Waals surface area contributed by atoms with Crippen molar-refractivity contribution < 1.29 is 0 Å². The number of aromatic nitrogens is 1. The van der Waals surface area contributed by atoms with Gasteiger partial charge in [0.25, 0.3) is 0 Å². The number of benzene rings is 11. The summed E-state index contributed by atoms with van der Waals surface area (Å²) < 4.78 is 2.45. The van der Waals surface area contributed by atoms with Crippen LogP contribution in [0.2, 0.25) is 0 Å². The predicted molar refractivity (Wildman–Crippen MR) is 280 cm³/mol. The van der Waals surface area contributed by atoms with Crippen LogP contribution in [-0.2, 0) is 5.41 Å². The normalized spacial score (nSPS) is 12.9. The highest BCUT2D eigenvalue weighted by Gasteiger charge is 2.51. The van der Waals surface area contributed by atoms with E-state index in [9.17, 15) is 0 Å². The van der Waals surface area contributed by atoms with Gasteiger partial charge in [-0.3, -0.25) is 0 Å². The summed E-state index contributed by atoms with van der Waals surface area (Å²) in [5.41, 5.74) is 21.8. The Bertz CT molecular complexity index is 3870. The number of hydrogen-bond acceptors (Lipinski definition) is 1. The van der Waals surface area contributed by atoms with Crippen molar-refractivity contribution in [2.45, 2.75) is 5.41 Å². The van der Waals surface area contributed by atoms with Crippen LogP contribution in [0.4, 0.5) is 17.1 Å². The Morgan fingerprint density at radius 1 is 0.299 bits per heavy atom. The first-order chi connectivity index (χ1) is 33.2. The highest BCUT2D eigenvalue weighted by Crippen LogP contribution is 2.63. The summed E-state index contributed by atoms with van der Waals surface area (Å²) in [6, 6.07) is 94.2. The maximum atomic E-state index is 2.45. The van der Waals surface area contributed by atoms with E-state index in [1.54, 1.807) is 0 Å². The minimum Gasteiger partial charge on any atom is -0.310 e. The van der Waals surface area contributed by atoms with E-state index in [1.807, 2.05) is 0 Å². The lowest BCUT2D eigenvalue weighted by molar-refractivity contribution is 0.794. The molecule has 1 aromatic heterocycles. The third-order valence-corrected chi connectivity index (χ3v) is 14.6. The largest absolute Gasteiger partial charge is 0.310 e. The van der Waals surface area contributed by atoms with Crippen molar-refractivity contribution in [2.24, 2.45) is 0 Å². The van der Waals surface area contributed by atoms with Crippen LogP contribution in [0.3, 0.4) is 0 Å². The number of para-hydroxylation sites is 1. The van der Waals surface area contributed by atoms with Gasteiger partial charge in [-0.05, 0) is 127 Å². The smallest absolute Gasteiger partial charge is 0.0725 e. The molecule has 1 heterocycles. The molecule has 1 spiro atoms. The van der Waals surface area contributed by atoms with E-state index in [2.05, 4.69) is 264 Å². The Hall–Kier alpha value is -8.72. The Morgan fingerprint density at radius 2 is 0.821 bits per heavy atom. The molecule has 11 aromatic carbocycles. The summed E-state index contributed by atoms with van der Waals surface area (Å²) in [7, 11) is 0. The molecule has 0 fully saturated rings. The average molecular weight is 851 g/mol. The zero-order chi connectivity index (χ0) is 44.1. The quantitative estimate of drug-likeness (QED) is 0.162. The van der Waals surface area contributed by atoms with Crippen molar-refractivity contribution in [2.75, 3.05) is 4.90 Å². The topological polar surface area (TPSA) is 8.17 Å². The Kier molecular flexibility index (Phi) is 8.23. The van der Waals surface area contributed by atoms with Crippen LogP contribution >= 0.6 is 0 Å². The van der Waals surface area contributed by atoms with Gasteiger partial charge in [0.1, 0.15) is 0 Å². The van der Waals surface area contributed by atoms with Crippen molar-refractivity contribution >= 4 is 49.6 Å². The van der Waals surface area contributed by atoms with Crippen LogP contribution in [0.5, 0.6) is 0 Å². The molecule has 2 heteroatoms. The fourth-order valence-corrected chi connectivity index (χ4v) is 11.7. The van der Waals surface area contributed by atoms with Crippen LogP contribution in [0, 0.1) is 0 Å². The Labute approximate surface area is 389 Å². The summed E-state index contributed by atoms with van der Waals surface area (Å²) >= 11 is 0. The van der Waals surface area contributed by atoms with Crippen molar-refractivity contribution in [1.29, 1.82) is 0 Å². The molecule has 0 saturated heterocycles. The number of fused-ring (bicyclic) bond motifs is 15. The molecule has 67 heavy (non-hydrogen) atoms. The molecule has 0 amide bonds. The molecule has 0 aliphatic heterocycles. The van der Waals surface area contributed by atoms with Gasteiger partial charge in [0.05, 0.1) is 16.4 Å².